The molecule has 4 aromatic carbocycles. The first-order valence-corrected chi connectivity index (χ1v) is 9.01. The maximum atomic E-state index is 5.96. The van der Waals surface area contributed by atoms with Crippen molar-refractivity contribution in [1.29, 1.82) is 0 Å². The Kier molecular flexibility index (Phi) is 3.83. The summed E-state index contributed by atoms with van der Waals surface area (Å²) in [6.07, 6.45) is 0. The Balaban J connectivity index is 1.32. The summed E-state index contributed by atoms with van der Waals surface area (Å²) < 4.78 is 5.96. The van der Waals surface area contributed by atoms with E-state index in [1.54, 1.807) is 0 Å². The predicted molar refractivity (Wildman–Crippen MR) is 110 cm³/mol. The number of nitrogens with one attached hydrogen (secondary N) is 1. The van der Waals surface area contributed by atoms with E-state index in [0.717, 1.165) is 33.7 Å². The molecule has 1 N–H and O–H groups in total. The zero-order valence-corrected chi connectivity index (χ0v) is 14.7. The molecule has 0 atom stereocenters. The summed E-state index contributed by atoms with van der Waals surface area (Å²) in [7, 11) is 0. The number of aromatic nitrogens is 2. The van der Waals surface area contributed by atoms with Gasteiger partial charge in [0, 0.05) is 5.56 Å². The lowest BCUT2D eigenvalue weighted by molar-refractivity contribution is 0.306. The van der Waals surface area contributed by atoms with Gasteiger partial charge in [0.25, 0.3) is 0 Å². The Labute approximate surface area is 157 Å². The molecule has 0 radical (unpaired) electrons. The summed E-state index contributed by atoms with van der Waals surface area (Å²) in [5, 5.41) is 2.48. The van der Waals surface area contributed by atoms with Crippen LogP contribution in [0, 0.1) is 0 Å². The first-order valence-electron chi connectivity index (χ1n) is 9.01. The zero-order valence-electron chi connectivity index (χ0n) is 14.7. The molecule has 1 aromatic heterocycles. The molecule has 27 heavy (non-hydrogen) atoms. The number of nitrogens with zero attached hydrogens (tertiary/aromatic N) is 1. The molecule has 0 unspecified atom stereocenters. The molecule has 130 valence electrons. The van der Waals surface area contributed by atoms with E-state index in [0.29, 0.717) is 6.61 Å². The minimum Gasteiger partial charge on any atom is -0.489 e. The van der Waals surface area contributed by atoms with Crippen LogP contribution in [0.3, 0.4) is 0 Å². The molecule has 1 heterocycles. The zero-order chi connectivity index (χ0) is 18.1. The third-order valence-electron chi connectivity index (χ3n) is 4.74. The molecule has 0 fully saturated rings. The Morgan fingerprint density at radius 1 is 0.741 bits per heavy atom. The number of para-hydroxylation sites is 2. The van der Waals surface area contributed by atoms with Crippen LogP contribution in [0.1, 0.15) is 5.56 Å². The van der Waals surface area contributed by atoms with Crippen molar-refractivity contribution < 1.29 is 4.74 Å². The maximum Gasteiger partial charge on any atom is 0.138 e. The number of aromatic amines is 1. The van der Waals surface area contributed by atoms with Crippen molar-refractivity contribution in [1.82, 2.24) is 9.97 Å². The van der Waals surface area contributed by atoms with Crippen LogP contribution in [0.2, 0.25) is 0 Å². The monoisotopic (exact) mass is 350 g/mol. The second kappa shape index (κ2) is 6.61. The summed E-state index contributed by atoms with van der Waals surface area (Å²) in [6, 6.07) is 30.9. The highest BCUT2D eigenvalue weighted by Crippen LogP contribution is 2.23. The van der Waals surface area contributed by atoms with Gasteiger partial charge in [-0.25, -0.2) is 4.98 Å². The number of fused-ring (bicyclic) bond motifs is 2. The molecule has 0 aliphatic heterocycles. The van der Waals surface area contributed by atoms with Crippen molar-refractivity contribution in [3.8, 4) is 17.1 Å². The highest BCUT2D eigenvalue weighted by molar-refractivity contribution is 5.83. The average molecular weight is 350 g/mol. The van der Waals surface area contributed by atoms with E-state index >= 15 is 0 Å². The second-order valence-corrected chi connectivity index (χ2v) is 6.60. The Bertz CT molecular complexity index is 1190. The quantitative estimate of drug-likeness (QED) is 0.434. The minimum absolute atomic E-state index is 0.550. The van der Waals surface area contributed by atoms with Gasteiger partial charge in [0.1, 0.15) is 18.2 Å². The Morgan fingerprint density at radius 2 is 1.52 bits per heavy atom. The maximum absolute atomic E-state index is 5.96. The normalized spacial score (nSPS) is 11.1. The van der Waals surface area contributed by atoms with E-state index in [4.69, 9.17) is 4.74 Å². The SMILES string of the molecule is c1ccc2cc(COc3ccc(-c4nc5ccccc5[nH]4)cc3)ccc2c1. The van der Waals surface area contributed by atoms with Crippen molar-refractivity contribution >= 4 is 21.8 Å². The lowest BCUT2D eigenvalue weighted by atomic mass is 10.1. The molecule has 0 spiro atoms. The largest absolute Gasteiger partial charge is 0.489 e. The molecule has 0 aliphatic rings. The number of hydrogen-bond donors (Lipinski definition) is 1. The molecular formula is C24H18N2O. The lowest BCUT2D eigenvalue weighted by Gasteiger charge is -2.08. The molecule has 0 aliphatic carbocycles. The fraction of sp³-hybridized carbons (Fsp3) is 0.0417. The van der Waals surface area contributed by atoms with Gasteiger partial charge >= 0.3 is 0 Å². The lowest BCUT2D eigenvalue weighted by Crippen LogP contribution is -1.95. The highest BCUT2D eigenvalue weighted by atomic mass is 16.5. The molecule has 5 rings (SSSR count). The Hall–Kier alpha value is -3.59. The summed E-state index contributed by atoms with van der Waals surface area (Å²) in [5.74, 6) is 1.72. The number of rotatable bonds is 4. The van der Waals surface area contributed by atoms with Crippen molar-refractivity contribution in [2.45, 2.75) is 6.61 Å². The van der Waals surface area contributed by atoms with Gasteiger partial charge in [-0.05, 0) is 58.8 Å². The van der Waals surface area contributed by atoms with Crippen molar-refractivity contribution in [3.05, 3.63) is 96.6 Å². The van der Waals surface area contributed by atoms with Gasteiger partial charge in [-0.3, -0.25) is 0 Å². The first kappa shape index (κ1) is 15.6. The Morgan fingerprint density at radius 3 is 2.37 bits per heavy atom. The van der Waals surface area contributed by atoms with Crippen LogP contribution < -0.4 is 4.74 Å². The minimum atomic E-state index is 0.550. The van der Waals surface area contributed by atoms with E-state index in [-0.39, 0.29) is 0 Å². The van der Waals surface area contributed by atoms with Crippen LogP contribution in [0.5, 0.6) is 5.75 Å². The van der Waals surface area contributed by atoms with E-state index < -0.39 is 0 Å². The molecule has 0 saturated heterocycles. The summed E-state index contributed by atoms with van der Waals surface area (Å²) in [4.78, 5) is 7.99. The van der Waals surface area contributed by atoms with E-state index in [9.17, 15) is 0 Å². The third kappa shape index (κ3) is 3.15. The van der Waals surface area contributed by atoms with Crippen LogP contribution in [-0.4, -0.2) is 9.97 Å². The standard InChI is InChI=1S/C24H18N2O/c1-2-6-20-15-17(9-10-18(20)5-1)16-27-21-13-11-19(12-14-21)24-25-22-7-3-4-8-23(22)26-24/h1-15H,16H2,(H,25,26). The summed E-state index contributed by atoms with van der Waals surface area (Å²) in [5.41, 5.74) is 4.23. The van der Waals surface area contributed by atoms with E-state index in [1.807, 2.05) is 48.5 Å². The van der Waals surface area contributed by atoms with Gasteiger partial charge in [-0.1, -0.05) is 48.5 Å². The molecular weight excluding hydrogens is 332 g/mol. The molecule has 0 saturated carbocycles. The number of H-pyrrole nitrogens is 1. The van der Waals surface area contributed by atoms with E-state index in [1.165, 1.54) is 10.8 Å². The molecule has 3 nitrogen and oxygen atoms in total. The number of imidazole rings is 1. The van der Waals surface area contributed by atoms with Crippen molar-refractivity contribution in [2.24, 2.45) is 0 Å². The van der Waals surface area contributed by atoms with Crippen LogP contribution in [0.25, 0.3) is 33.2 Å². The second-order valence-electron chi connectivity index (χ2n) is 6.60. The fourth-order valence-electron chi connectivity index (χ4n) is 3.29. The van der Waals surface area contributed by atoms with Crippen LogP contribution in [-0.2, 0) is 6.61 Å². The van der Waals surface area contributed by atoms with Gasteiger partial charge in [0.05, 0.1) is 11.0 Å². The summed E-state index contributed by atoms with van der Waals surface area (Å²) in [6.45, 7) is 0.550. The predicted octanol–water partition coefficient (Wildman–Crippen LogP) is 5.96. The smallest absolute Gasteiger partial charge is 0.138 e. The molecule has 0 amide bonds. The van der Waals surface area contributed by atoms with Gasteiger partial charge in [-0.15, -0.1) is 0 Å². The third-order valence-corrected chi connectivity index (χ3v) is 4.74. The van der Waals surface area contributed by atoms with E-state index in [2.05, 4.69) is 52.4 Å². The van der Waals surface area contributed by atoms with Crippen molar-refractivity contribution in [3.63, 3.8) is 0 Å². The van der Waals surface area contributed by atoms with Gasteiger partial charge in [0.15, 0.2) is 0 Å². The average Bonchev–Trinajstić information content (AvgIpc) is 3.17. The molecule has 5 aromatic rings. The van der Waals surface area contributed by atoms with Crippen LogP contribution in [0.4, 0.5) is 0 Å². The fourth-order valence-corrected chi connectivity index (χ4v) is 3.29. The summed E-state index contributed by atoms with van der Waals surface area (Å²) >= 11 is 0. The van der Waals surface area contributed by atoms with Crippen molar-refractivity contribution in [2.75, 3.05) is 0 Å². The number of hydrogen-bond acceptors (Lipinski definition) is 2. The molecule has 3 heteroatoms. The number of benzene rings is 4. The first-order chi connectivity index (χ1) is 13.3. The highest BCUT2D eigenvalue weighted by Gasteiger charge is 2.05. The topological polar surface area (TPSA) is 37.9 Å². The number of ether oxygens (including phenoxy) is 1. The molecule has 0 bridgehead atoms. The van der Waals surface area contributed by atoms with Gasteiger partial charge in [-0.2, -0.15) is 0 Å². The van der Waals surface area contributed by atoms with Gasteiger partial charge in [0.2, 0.25) is 0 Å². The van der Waals surface area contributed by atoms with Gasteiger partial charge < -0.3 is 9.72 Å². The van der Waals surface area contributed by atoms with Crippen LogP contribution in [0.15, 0.2) is 91.0 Å². The van der Waals surface area contributed by atoms with Crippen LogP contribution >= 0.6 is 0 Å².